The first-order valence-electron chi connectivity index (χ1n) is 9.16. The molecule has 5 nitrogen and oxygen atoms in total. The monoisotopic (exact) mass is 340 g/mol. The third kappa shape index (κ3) is 1.83. The number of piperidine rings is 1. The molecule has 0 radical (unpaired) electrons. The smallest absolute Gasteiger partial charge is 0.319 e. The summed E-state index contributed by atoms with van der Waals surface area (Å²) in [4.78, 5) is 19.3. The van der Waals surface area contributed by atoms with Crippen LogP contribution in [0.2, 0.25) is 0 Å². The Labute approximate surface area is 147 Å². The van der Waals surface area contributed by atoms with Crippen molar-refractivity contribution in [3.63, 3.8) is 0 Å². The van der Waals surface area contributed by atoms with Crippen molar-refractivity contribution in [2.75, 3.05) is 33.9 Å². The third-order valence-electron chi connectivity index (χ3n) is 6.77. The van der Waals surface area contributed by atoms with Gasteiger partial charge in [-0.05, 0) is 44.3 Å². The number of benzene rings is 1. The van der Waals surface area contributed by atoms with Crippen molar-refractivity contribution in [3.05, 3.63) is 35.5 Å². The lowest BCUT2D eigenvalue weighted by Gasteiger charge is -2.53. The van der Waals surface area contributed by atoms with Gasteiger partial charge in [0.25, 0.3) is 0 Å². The molecule has 3 aliphatic rings. The van der Waals surface area contributed by atoms with Crippen molar-refractivity contribution >= 4 is 16.9 Å². The van der Waals surface area contributed by atoms with E-state index in [2.05, 4.69) is 29.1 Å². The summed E-state index contributed by atoms with van der Waals surface area (Å²) < 4.78 is 11.4. The standard InChI is InChI=1S/C20H24N2O3/c1-22-9-7-14-12-8-10-25-11-20(14,19(23)24-2)16-13-5-3-4-6-15(13)21-17(16)18(12)22/h3-6,12,14,18,21H,7-11H2,1-2H3. The molecule has 2 aromatic rings. The molecular formula is C20H24N2O3. The number of para-hydroxylation sites is 1. The van der Waals surface area contributed by atoms with E-state index in [0.29, 0.717) is 25.2 Å². The fraction of sp³-hybridized carbons (Fsp3) is 0.550. The van der Waals surface area contributed by atoms with E-state index < -0.39 is 5.41 Å². The van der Waals surface area contributed by atoms with Gasteiger partial charge in [-0.25, -0.2) is 0 Å². The van der Waals surface area contributed by atoms with E-state index in [1.165, 1.54) is 12.8 Å². The molecule has 0 spiro atoms. The van der Waals surface area contributed by atoms with Gasteiger partial charge in [0.15, 0.2) is 0 Å². The van der Waals surface area contributed by atoms with Gasteiger partial charge < -0.3 is 14.5 Å². The quantitative estimate of drug-likeness (QED) is 0.811. The van der Waals surface area contributed by atoms with Gasteiger partial charge in [-0.3, -0.25) is 9.69 Å². The second-order valence-electron chi connectivity index (χ2n) is 7.75. The Kier molecular flexibility index (Phi) is 3.28. The summed E-state index contributed by atoms with van der Waals surface area (Å²) in [5.41, 5.74) is 2.72. The topological polar surface area (TPSA) is 54.6 Å². The molecule has 1 aromatic carbocycles. The minimum Gasteiger partial charge on any atom is -0.468 e. The fourth-order valence-corrected chi connectivity index (χ4v) is 5.83. The molecule has 4 bridgehead atoms. The molecule has 4 unspecified atom stereocenters. The summed E-state index contributed by atoms with van der Waals surface area (Å²) in [6.45, 7) is 2.14. The van der Waals surface area contributed by atoms with Gasteiger partial charge in [-0.15, -0.1) is 0 Å². The minimum absolute atomic E-state index is 0.140. The zero-order valence-electron chi connectivity index (χ0n) is 14.7. The number of ether oxygens (including phenoxy) is 2. The number of aromatic nitrogens is 1. The highest BCUT2D eigenvalue weighted by Gasteiger charge is 2.61. The predicted octanol–water partition coefficient (Wildman–Crippen LogP) is 2.62. The van der Waals surface area contributed by atoms with Gasteiger partial charge in [-0.1, -0.05) is 18.2 Å². The number of fused-ring (bicyclic) bond motifs is 5. The molecule has 1 N–H and O–H groups in total. The molecule has 3 heterocycles. The molecule has 132 valence electrons. The minimum atomic E-state index is -0.692. The summed E-state index contributed by atoms with van der Waals surface area (Å²) in [7, 11) is 3.71. The Morgan fingerprint density at radius 3 is 3.04 bits per heavy atom. The Bertz CT molecular complexity index is 845. The number of nitrogens with one attached hydrogen (secondary N) is 1. The number of carbonyl (C=O) groups is 1. The second kappa shape index (κ2) is 5.32. The molecule has 2 aliphatic heterocycles. The number of likely N-dealkylation sites (tertiary alicyclic amines) is 1. The van der Waals surface area contributed by atoms with Crippen LogP contribution < -0.4 is 0 Å². The van der Waals surface area contributed by atoms with E-state index in [1.54, 1.807) is 0 Å². The number of methoxy groups -OCH3 is 1. The molecule has 0 amide bonds. The number of hydrogen-bond donors (Lipinski definition) is 1. The average molecular weight is 340 g/mol. The van der Waals surface area contributed by atoms with Crippen LogP contribution in [0.25, 0.3) is 10.9 Å². The van der Waals surface area contributed by atoms with Crippen LogP contribution in [0, 0.1) is 11.8 Å². The van der Waals surface area contributed by atoms with Gasteiger partial charge >= 0.3 is 5.97 Å². The maximum Gasteiger partial charge on any atom is 0.319 e. The number of H-pyrrole nitrogens is 1. The van der Waals surface area contributed by atoms with Crippen molar-refractivity contribution in [3.8, 4) is 0 Å². The van der Waals surface area contributed by atoms with E-state index in [9.17, 15) is 4.79 Å². The van der Waals surface area contributed by atoms with Crippen LogP contribution in [0.15, 0.2) is 24.3 Å². The number of hydrogen-bond acceptors (Lipinski definition) is 4. The third-order valence-corrected chi connectivity index (χ3v) is 6.77. The molecule has 2 fully saturated rings. The largest absolute Gasteiger partial charge is 0.468 e. The normalized spacial score (nSPS) is 34.4. The van der Waals surface area contributed by atoms with E-state index >= 15 is 0 Å². The highest BCUT2D eigenvalue weighted by Crippen LogP contribution is 2.58. The summed E-state index contributed by atoms with van der Waals surface area (Å²) in [5, 5.41) is 1.14. The van der Waals surface area contributed by atoms with E-state index in [4.69, 9.17) is 9.47 Å². The molecule has 5 heteroatoms. The molecular weight excluding hydrogens is 316 g/mol. The van der Waals surface area contributed by atoms with Crippen LogP contribution in [0.5, 0.6) is 0 Å². The predicted molar refractivity (Wildman–Crippen MR) is 94.4 cm³/mol. The van der Waals surface area contributed by atoms with E-state index in [1.807, 2.05) is 12.1 Å². The lowest BCUT2D eigenvalue weighted by Crippen LogP contribution is -2.58. The fourth-order valence-electron chi connectivity index (χ4n) is 5.83. The number of esters is 1. The Morgan fingerprint density at radius 1 is 1.36 bits per heavy atom. The van der Waals surface area contributed by atoms with Gasteiger partial charge in [0.2, 0.25) is 0 Å². The number of rotatable bonds is 1. The number of nitrogens with zero attached hydrogens (tertiary/aromatic N) is 1. The van der Waals surface area contributed by atoms with E-state index in [0.717, 1.165) is 35.9 Å². The first-order valence-corrected chi connectivity index (χ1v) is 9.16. The Balaban J connectivity index is 1.89. The molecule has 5 rings (SSSR count). The molecule has 2 saturated heterocycles. The average Bonchev–Trinajstić information content (AvgIpc) is 2.94. The summed E-state index contributed by atoms with van der Waals surface area (Å²) in [6.07, 6.45) is 2.00. The second-order valence-corrected chi connectivity index (χ2v) is 7.75. The van der Waals surface area contributed by atoms with Crippen LogP contribution in [0.1, 0.15) is 30.1 Å². The number of aromatic amines is 1. The lowest BCUT2D eigenvalue weighted by molar-refractivity contribution is -0.156. The first-order chi connectivity index (χ1) is 12.2. The van der Waals surface area contributed by atoms with Crippen molar-refractivity contribution in [2.45, 2.75) is 24.3 Å². The van der Waals surface area contributed by atoms with Gasteiger partial charge in [-0.2, -0.15) is 0 Å². The molecule has 1 aromatic heterocycles. The summed E-state index contributed by atoms with van der Waals surface area (Å²) in [5.74, 6) is 0.551. The lowest BCUT2D eigenvalue weighted by atomic mass is 9.55. The summed E-state index contributed by atoms with van der Waals surface area (Å²) >= 11 is 0. The van der Waals surface area contributed by atoms with Gasteiger partial charge in [0.05, 0.1) is 19.8 Å². The maximum atomic E-state index is 13.2. The SMILES string of the molecule is COC(=O)C12COCCC3C(c4[nH]c5ccccc5c41)N(C)CCC32. The maximum absolute atomic E-state index is 13.2. The van der Waals surface area contributed by atoms with Gasteiger partial charge in [0, 0.05) is 28.8 Å². The van der Waals surface area contributed by atoms with Crippen molar-refractivity contribution in [2.24, 2.45) is 11.8 Å². The van der Waals surface area contributed by atoms with Crippen LogP contribution in [0.3, 0.4) is 0 Å². The van der Waals surface area contributed by atoms with Crippen LogP contribution in [-0.2, 0) is 19.7 Å². The van der Waals surface area contributed by atoms with Crippen LogP contribution >= 0.6 is 0 Å². The Morgan fingerprint density at radius 2 is 2.20 bits per heavy atom. The highest BCUT2D eigenvalue weighted by molar-refractivity contribution is 5.95. The summed E-state index contributed by atoms with van der Waals surface area (Å²) in [6, 6.07) is 8.63. The molecule has 1 aliphatic carbocycles. The first kappa shape index (κ1) is 15.4. The highest BCUT2D eigenvalue weighted by atomic mass is 16.5. The van der Waals surface area contributed by atoms with Crippen LogP contribution in [-0.4, -0.2) is 49.8 Å². The Hall–Kier alpha value is -1.85. The number of carbonyl (C=O) groups excluding carboxylic acids is 1. The van der Waals surface area contributed by atoms with Crippen molar-refractivity contribution in [1.82, 2.24) is 9.88 Å². The van der Waals surface area contributed by atoms with E-state index in [-0.39, 0.29) is 11.9 Å². The molecule has 25 heavy (non-hydrogen) atoms. The zero-order chi connectivity index (χ0) is 17.2. The van der Waals surface area contributed by atoms with Crippen LogP contribution in [0.4, 0.5) is 0 Å². The van der Waals surface area contributed by atoms with Crippen molar-refractivity contribution < 1.29 is 14.3 Å². The van der Waals surface area contributed by atoms with Gasteiger partial charge in [0.1, 0.15) is 5.41 Å². The zero-order valence-corrected chi connectivity index (χ0v) is 14.7. The van der Waals surface area contributed by atoms with Crippen molar-refractivity contribution in [1.29, 1.82) is 0 Å². The molecule has 4 atom stereocenters. The molecule has 0 saturated carbocycles.